The summed E-state index contributed by atoms with van der Waals surface area (Å²) >= 11 is 0. The predicted octanol–water partition coefficient (Wildman–Crippen LogP) is 5.57. The number of anilines is 3. The zero-order valence-corrected chi connectivity index (χ0v) is 16.3. The van der Waals surface area contributed by atoms with Crippen molar-refractivity contribution >= 4 is 28.8 Å². The van der Waals surface area contributed by atoms with Crippen molar-refractivity contribution in [2.45, 2.75) is 26.7 Å². The number of carbonyl (C=O) groups is 2. The zero-order chi connectivity index (χ0) is 20.5. The molecule has 0 spiro atoms. The molecular weight excluding hydrogens is 367 g/mol. The van der Waals surface area contributed by atoms with Crippen LogP contribution in [0.4, 0.5) is 21.5 Å². The average molecular weight is 388 g/mol. The van der Waals surface area contributed by atoms with Crippen LogP contribution < -0.4 is 10.6 Å². The van der Waals surface area contributed by atoms with E-state index in [0.717, 1.165) is 22.5 Å². The van der Waals surface area contributed by atoms with E-state index in [4.69, 9.17) is 0 Å². The number of Topliss-reactive ketones (excluding diaryl/α,β-unsaturated/α-hetero) is 1. The van der Waals surface area contributed by atoms with E-state index in [2.05, 4.69) is 30.5 Å². The van der Waals surface area contributed by atoms with Crippen LogP contribution in [-0.4, -0.2) is 11.7 Å². The third kappa shape index (κ3) is 3.63. The van der Waals surface area contributed by atoms with Crippen molar-refractivity contribution in [3.63, 3.8) is 0 Å². The van der Waals surface area contributed by atoms with Crippen molar-refractivity contribution in [2.75, 3.05) is 10.6 Å². The minimum Gasteiger partial charge on any atom is -0.355 e. The molecule has 1 aliphatic rings. The Bertz CT molecular complexity index is 1120. The van der Waals surface area contributed by atoms with Gasteiger partial charge in [-0.25, -0.2) is 4.39 Å². The molecule has 1 aliphatic carbocycles. The minimum absolute atomic E-state index is 0.0130. The van der Waals surface area contributed by atoms with Gasteiger partial charge in [-0.3, -0.25) is 9.59 Å². The maximum Gasteiger partial charge on any atom is 0.255 e. The lowest BCUT2D eigenvalue weighted by molar-refractivity contribution is 0.0995. The van der Waals surface area contributed by atoms with Crippen LogP contribution >= 0.6 is 0 Å². The number of nitrogens with one attached hydrogen (secondary N) is 2. The number of fused-ring (bicyclic) bond motifs is 1. The zero-order valence-electron chi connectivity index (χ0n) is 16.3. The molecule has 1 amide bonds. The summed E-state index contributed by atoms with van der Waals surface area (Å²) in [7, 11) is 0. The number of amides is 1. The van der Waals surface area contributed by atoms with Crippen molar-refractivity contribution in [3.05, 3.63) is 88.2 Å². The molecule has 0 radical (unpaired) electrons. The molecule has 5 heteroatoms. The van der Waals surface area contributed by atoms with E-state index in [0.29, 0.717) is 29.7 Å². The Hall–Kier alpha value is -3.47. The van der Waals surface area contributed by atoms with Gasteiger partial charge in [0.15, 0.2) is 5.78 Å². The molecule has 0 aromatic heterocycles. The molecule has 0 heterocycles. The quantitative estimate of drug-likeness (QED) is 0.614. The Balaban J connectivity index is 1.66. The van der Waals surface area contributed by atoms with Gasteiger partial charge in [-0.15, -0.1) is 0 Å². The Kier molecular flexibility index (Phi) is 4.89. The molecule has 0 aliphatic heterocycles. The molecule has 0 fully saturated rings. The fourth-order valence-corrected chi connectivity index (χ4v) is 3.64. The van der Waals surface area contributed by atoms with Gasteiger partial charge in [-0.2, -0.15) is 0 Å². The van der Waals surface area contributed by atoms with Crippen molar-refractivity contribution < 1.29 is 14.0 Å². The second-order valence-electron chi connectivity index (χ2n) is 7.27. The highest BCUT2D eigenvalue weighted by Crippen LogP contribution is 2.37. The van der Waals surface area contributed by atoms with Crippen molar-refractivity contribution in [2.24, 2.45) is 0 Å². The second kappa shape index (κ2) is 7.51. The highest BCUT2D eigenvalue weighted by atomic mass is 19.1. The van der Waals surface area contributed by atoms with Gasteiger partial charge in [0.05, 0.1) is 5.69 Å². The molecule has 0 atom stereocenters. The van der Waals surface area contributed by atoms with Gasteiger partial charge in [0.2, 0.25) is 0 Å². The SMILES string of the molecule is Cc1cccc(Nc2ccc(NC(=O)c3ccc(F)cc3)c3c2CCC3=O)c1C. The Morgan fingerprint density at radius 3 is 2.38 bits per heavy atom. The van der Waals surface area contributed by atoms with Gasteiger partial charge in [0.1, 0.15) is 5.82 Å². The molecule has 3 aromatic rings. The van der Waals surface area contributed by atoms with Gasteiger partial charge in [-0.05, 0) is 79.4 Å². The molecule has 3 aromatic carbocycles. The topological polar surface area (TPSA) is 58.2 Å². The summed E-state index contributed by atoms with van der Waals surface area (Å²) in [4.78, 5) is 25.1. The first-order valence-electron chi connectivity index (χ1n) is 9.53. The van der Waals surface area contributed by atoms with Crippen LogP contribution in [0, 0.1) is 19.7 Å². The van der Waals surface area contributed by atoms with Gasteiger partial charge in [0, 0.05) is 28.9 Å². The molecule has 4 nitrogen and oxygen atoms in total. The lowest BCUT2D eigenvalue weighted by Crippen LogP contribution is -2.14. The smallest absolute Gasteiger partial charge is 0.255 e. The maximum absolute atomic E-state index is 13.1. The Morgan fingerprint density at radius 2 is 1.62 bits per heavy atom. The first-order valence-corrected chi connectivity index (χ1v) is 9.53. The van der Waals surface area contributed by atoms with Crippen molar-refractivity contribution in [1.29, 1.82) is 0 Å². The number of halogens is 1. The summed E-state index contributed by atoms with van der Waals surface area (Å²) in [6, 6.07) is 15.0. The third-order valence-corrected chi connectivity index (χ3v) is 5.42. The second-order valence-corrected chi connectivity index (χ2v) is 7.27. The fourth-order valence-electron chi connectivity index (χ4n) is 3.64. The summed E-state index contributed by atoms with van der Waals surface area (Å²) < 4.78 is 13.1. The van der Waals surface area contributed by atoms with E-state index in [1.54, 1.807) is 6.07 Å². The van der Waals surface area contributed by atoms with E-state index >= 15 is 0 Å². The van der Waals surface area contributed by atoms with Crippen LogP contribution in [0.2, 0.25) is 0 Å². The number of ketones is 1. The maximum atomic E-state index is 13.1. The van der Waals surface area contributed by atoms with E-state index in [-0.39, 0.29) is 11.7 Å². The largest absolute Gasteiger partial charge is 0.355 e. The van der Waals surface area contributed by atoms with Gasteiger partial charge in [0.25, 0.3) is 5.91 Å². The van der Waals surface area contributed by atoms with Crippen LogP contribution in [0.5, 0.6) is 0 Å². The van der Waals surface area contributed by atoms with Gasteiger partial charge in [-0.1, -0.05) is 12.1 Å². The summed E-state index contributed by atoms with van der Waals surface area (Å²) in [5, 5.41) is 6.26. The molecule has 146 valence electrons. The number of aryl methyl sites for hydroxylation is 1. The van der Waals surface area contributed by atoms with Crippen molar-refractivity contribution in [3.8, 4) is 0 Å². The van der Waals surface area contributed by atoms with Gasteiger partial charge < -0.3 is 10.6 Å². The summed E-state index contributed by atoms with van der Waals surface area (Å²) in [6.07, 6.45) is 1.04. The number of hydrogen-bond acceptors (Lipinski definition) is 3. The molecule has 0 saturated heterocycles. The summed E-state index contributed by atoms with van der Waals surface area (Å²) in [6.45, 7) is 4.11. The normalized spacial score (nSPS) is 12.6. The molecule has 4 rings (SSSR count). The Labute approximate surface area is 168 Å². The molecule has 0 unspecified atom stereocenters. The van der Waals surface area contributed by atoms with Crippen LogP contribution in [0.1, 0.15) is 43.8 Å². The molecule has 2 N–H and O–H groups in total. The highest BCUT2D eigenvalue weighted by Gasteiger charge is 2.27. The molecule has 0 saturated carbocycles. The Morgan fingerprint density at radius 1 is 0.897 bits per heavy atom. The average Bonchev–Trinajstić information content (AvgIpc) is 3.10. The summed E-state index contributed by atoms with van der Waals surface area (Å²) in [5.41, 5.74) is 6.49. The lowest BCUT2D eigenvalue weighted by Gasteiger charge is -2.17. The van der Waals surface area contributed by atoms with E-state index in [1.165, 1.54) is 29.8 Å². The molecule has 29 heavy (non-hydrogen) atoms. The standard InChI is InChI=1S/C24H21FN2O2/c1-14-4-3-5-19(15(14)2)26-20-11-12-21(23-18(20)10-13-22(23)28)27-24(29)16-6-8-17(25)9-7-16/h3-9,11-12,26H,10,13H2,1-2H3,(H,27,29). The van der Waals surface area contributed by atoms with Crippen LogP contribution in [0.15, 0.2) is 54.6 Å². The third-order valence-electron chi connectivity index (χ3n) is 5.42. The van der Waals surface area contributed by atoms with Crippen molar-refractivity contribution in [1.82, 2.24) is 0 Å². The fraction of sp³-hybridized carbons (Fsp3) is 0.167. The highest BCUT2D eigenvalue weighted by molar-refractivity contribution is 6.12. The first kappa shape index (κ1) is 18.9. The van der Waals surface area contributed by atoms with Crippen LogP contribution in [-0.2, 0) is 6.42 Å². The van der Waals surface area contributed by atoms with E-state index in [9.17, 15) is 14.0 Å². The van der Waals surface area contributed by atoms with Crippen LogP contribution in [0.3, 0.4) is 0 Å². The number of carbonyl (C=O) groups excluding carboxylic acids is 2. The van der Waals surface area contributed by atoms with E-state index in [1.807, 2.05) is 18.2 Å². The first-order chi connectivity index (χ1) is 13.9. The van der Waals surface area contributed by atoms with E-state index < -0.39 is 5.82 Å². The van der Waals surface area contributed by atoms with Gasteiger partial charge >= 0.3 is 0 Å². The molecule has 0 bridgehead atoms. The number of rotatable bonds is 4. The number of hydrogen-bond donors (Lipinski definition) is 2. The van der Waals surface area contributed by atoms with Crippen LogP contribution in [0.25, 0.3) is 0 Å². The monoisotopic (exact) mass is 388 g/mol. The molecular formula is C24H21FN2O2. The lowest BCUT2D eigenvalue weighted by atomic mass is 10.0. The number of benzene rings is 3. The minimum atomic E-state index is -0.403. The predicted molar refractivity (Wildman–Crippen MR) is 113 cm³/mol. The summed E-state index contributed by atoms with van der Waals surface area (Å²) in [5.74, 6) is -0.763.